The van der Waals surface area contributed by atoms with Gasteiger partial charge in [0.25, 0.3) is 0 Å². The van der Waals surface area contributed by atoms with Crippen molar-refractivity contribution in [3.05, 3.63) is 46.6 Å². The molecule has 0 atom stereocenters. The maximum atomic E-state index is 11.5. The highest BCUT2D eigenvalue weighted by Crippen LogP contribution is 2.22. The lowest BCUT2D eigenvalue weighted by Crippen LogP contribution is -2.03. The smallest absolute Gasteiger partial charge is 0.220 e. The average molecular weight is 190 g/mol. The summed E-state index contributed by atoms with van der Waals surface area (Å²) in [5.41, 5.74) is 1.60. The zero-order chi connectivity index (χ0) is 10.6. The Balaban J connectivity index is 3.43. The van der Waals surface area contributed by atoms with Gasteiger partial charge in [0.2, 0.25) is 5.43 Å². The summed E-state index contributed by atoms with van der Waals surface area (Å²) in [4.78, 5) is 11.5. The normalized spacial score (nSPS) is 9.57. The van der Waals surface area contributed by atoms with E-state index in [0.717, 1.165) is 17.6 Å². The van der Waals surface area contributed by atoms with Crippen LogP contribution in [0.15, 0.2) is 35.6 Å². The summed E-state index contributed by atoms with van der Waals surface area (Å²) < 4.78 is 5.09. The molecule has 0 amide bonds. The van der Waals surface area contributed by atoms with Crippen molar-refractivity contribution in [2.24, 2.45) is 0 Å². The molecular weight excluding hydrogens is 176 g/mol. The molecule has 1 rings (SSSR count). The zero-order valence-electron chi connectivity index (χ0n) is 8.54. The van der Waals surface area contributed by atoms with Gasteiger partial charge in [-0.2, -0.15) is 0 Å². The third-order valence-corrected chi connectivity index (χ3v) is 2.10. The first-order valence-electron chi connectivity index (χ1n) is 4.56. The van der Waals surface area contributed by atoms with Crippen molar-refractivity contribution in [1.82, 2.24) is 0 Å². The highest BCUT2D eigenvalue weighted by molar-refractivity contribution is 5.67. The number of hydrogen-bond donors (Lipinski definition) is 0. The van der Waals surface area contributed by atoms with Gasteiger partial charge in [0.05, 0.1) is 7.11 Å². The van der Waals surface area contributed by atoms with E-state index in [-0.39, 0.29) is 5.43 Å². The molecular formula is C12H14O2. The van der Waals surface area contributed by atoms with Crippen molar-refractivity contribution in [1.29, 1.82) is 0 Å². The Kier molecular flexibility index (Phi) is 3.46. The predicted molar refractivity (Wildman–Crippen MR) is 58.6 cm³/mol. The van der Waals surface area contributed by atoms with Crippen molar-refractivity contribution in [3.8, 4) is 5.75 Å². The quantitative estimate of drug-likeness (QED) is 0.732. The third kappa shape index (κ3) is 2.02. The van der Waals surface area contributed by atoms with Crippen molar-refractivity contribution in [2.45, 2.75) is 13.3 Å². The molecule has 0 spiro atoms. The molecule has 0 saturated heterocycles. The van der Waals surface area contributed by atoms with Gasteiger partial charge in [-0.25, -0.2) is 0 Å². The Morgan fingerprint density at radius 3 is 2.64 bits per heavy atom. The maximum Gasteiger partial charge on any atom is 0.220 e. The average Bonchev–Trinajstić information content (AvgIpc) is 2.38. The van der Waals surface area contributed by atoms with E-state index in [1.54, 1.807) is 6.07 Å². The zero-order valence-corrected chi connectivity index (χ0v) is 8.54. The second-order valence-corrected chi connectivity index (χ2v) is 2.99. The molecule has 1 aromatic carbocycles. The van der Waals surface area contributed by atoms with Crippen LogP contribution in [-0.2, 0) is 0 Å². The standard InChI is InChI=1S/C12H14O2/c1-4-9(2)10-7-5-6-8-11(13)12(10)14-3/h5-8H,2,4H2,1,3H3. The van der Waals surface area contributed by atoms with E-state index >= 15 is 0 Å². The first-order chi connectivity index (χ1) is 6.70. The van der Waals surface area contributed by atoms with Gasteiger partial charge < -0.3 is 4.74 Å². The molecule has 14 heavy (non-hydrogen) atoms. The van der Waals surface area contributed by atoms with Gasteiger partial charge in [0, 0.05) is 5.56 Å². The number of rotatable bonds is 3. The molecule has 0 radical (unpaired) electrons. The molecule has 74 valence electrons. The van der Waals surface area contributed by atoms with Crippen LogP contribution in [0.4, 0.5) is 0 Å². The van der Waals surface area contributed by atoms with Gasteiger partial charge in [0.15, 0.2) is 5.75 Å². The first-order valence-corrected chi connectivity index (χ1v) is 4.56. The van der Waals surface area contributed by atoms with Crippen LogP contribution in [0.3, 0.4) is 0 Å². The van der Waals surface area contributed by atoms with E-state index in [1.807, 2.05) is 19.1 Å². The van der Waals surface area contributed by atoms with Crippen molar-refractivity contribution in [2.75, 3.05) is 7.11 Å². The number of allylic oxidation sites excluding steroid dienone is 1. The van der Waals surface area contributed by atoms with E-state index in [1.165, 1.54) is 13.2 Å². The van der Waals surface area contributed by atoms with Crippen LogP contribution < -0.4 is 10.2 Å². The van der Waals surface area contributed by atoms with Crippen LogP contribution >= 0.6 is 0 Å². The van der Waals surface area contributed by atoms with Gasteiger partial charge in [0.1, 0.15) is 0 Å². The van der Waals surface area contributed by atoms with E-state index < -0.39 is 0 Å². The molecule has 0 aliphatic heterocycles. The highest BCUT2D eigenvalue weighted by atomic mass is 16.5. The Morgan fingerprint density at radius 1 is 1.43 bits per heavy atom. The van der Waals surface area contributed by atoms with Crippen LogP contribution in [0.25, 0.3) is 5.57 Å². The molecule has 2 nitrogen and oxygen atoms in total. The van der Waals surface area contributed by atoms with Gasteiger partial charge in [-0.3, -0.25) is 4.79 Å². The monoisotopic (exact) mass is 190 g/mol. The summed E-state index contributed by atoms with van der Waals surface area (Å²) in [5, 5.41) is 0. The maximum absolute atomic E-state index is 11.5. The van der Waals surface area contributed by atoms with Gasteiger partial charge >= 0.3 is 0 Å². The van der Waals surface area contributed by atoms with Crippen LogP contribution in [0.1, 0.15) is 18.9 Å². The summed E-state index contributed by atoms with van der Waals surface area (Å²) in [6, 6.07) is 6.87. The molecule has 0 aliphatic carbocycles. The molecule has 0 saturated carbocycles. The van der Waals surface area contributed by atoms with Gasteiger partial charge in [-0.1, -0.05) is 31.7 Å². The minimum atomic E-state index is -0.109. The van der Waals surface area contributed by atoms with Crippen molar-refractivity contribution in [3.63, 3.8) is 0 Å². The second-order valence-electron chi connectivity index (χ2n) is 2.99. The molecule has 0 heterocycles. The fraction of sp³-hybridized carbons (Fsp3) is 0.250. The van der Waals surface area contributed by atoms with E-state index in [4.69, 9.17) is 4.74 Å². The Morgan fingerprint density at radius 2 is 2.07 bits per heavy atom. The Labute approximate surface area is 83.9 Å². The minimum Gasteiger partial charge on any atom is -0.492 e. The van der Waals surface area contributed by atoms with Gasteiger partial charge in [-0.15, -0.1) is 0 Å². The fourth-order valence-corrected chi connectivity index (χ4v) is 1.26. The minimum absolute atomic E-state index is 0.109. The number of hydrogen-bond acceptors (Lipinski definition) is 2. The number of ether oxygens (including phenoxy) is 1. The summed E-state index contributed by atoms with van der Waals surface area (Å²) in [6.07, 6.45) is 0.805. The van der Waals surface area contributed by atoms with Crippen molar-refractivity contribution < 1.29 is 4.74 Å². The summed E-state index contributed by atoms with van der Waals surface area (Å²) in [6.45, 7) is 5.90. The summed E-state index contributed by atoms with van der Waals surface area (Å²) in [7, 11) is 1.50. The topological polar surface area (TPSA) is 26.3 Å². The second kappa shape index (κ2) is 4.61. The number of methoxy groups -OCH3 is 1. The highest BCUT2D eigenvalue weighted by Gasteiger charge is 2.06. The van der Waals surface area contributed by atoms with E-state index in [0.29, 0.717) is 5.75 Å². The predicted octanol–water partition coefficient (Wildman–Crippen LogP) is 2.48. The first kappa shape index (κ1) is 10.5. The SMILES string of the molecule is C=C(CC)c1ccccc(=O)c1OC. The van der Waals surface area contributed by atoms with Crippen LogP contribution in [0, 0.1) is 0 Å². The summed E-state index contributed by atoms with van der Waals surface area (Å²) in [5.74, 6) is 0.377. The van der Waals surface area contributed by atoms with Crippen LogP contribution in [0.5, 0.6) is 5.75 Å². The Bertz CT molecular complexity index is 394. The molecule has 0 aromatic heterocycles. The molecule has 0 N–H and O–H groups in total. The third-order valence-electron chi connectivity index (χ3n) is 2.10. The largest absolute Gasteiger partial charge is 0.492 e. The Hall–Kier alpha value is -1.57. The van der Waals surface area contributed by atoms with E-state index in [9.17, 15) is 4.79 Å². The van der Waals surface area contributed by atoms with Crippen LogP contribution in [0.2, 0.25) is 0 Å². The lowest BCUT2D eigenvalue weighted by Gasteiger charge is -2.05. The lowest BCUT2D eigenvalue weighted by atomic mass is 10.1. The summed E-state index contributed by atoms with van der Waals surface area (Å²) >= 11 is 0. The fourth-order valence-electron chi connectivity index (χ4n) is 1.26. The molecule has 2 heteroatoms. The molecule has 0 unspecified atom stereocenters. The molecule has 0 bridgehead atoms. The van der Waals surface area contributed by atoms with E-state index in [2.05, 4.69) is 6.58 Å². The molecule has 0 aliphatic rings. The molecule has 0 fully saturated rings. The molecule has 1 aromatic rings. The van der Waals surface area contributed by atoms with Gasteiger partial charge in [-0.05, 0) is 18.1 Å². The van der Waals surface area contributed by atoms with Crippen LogP contribution in [-0.4, -0.2) is 7.11 Å². The lowest BCUT2D eigenvalue weighted by molar-refractivity contribution is 0.410. The van der Waals surface area contributed by atoms with Crippen molar-refractivity contribution >= 4 is 5.57 Å².